The maximum absolute atomic E-state index is 12.7. The highest BCUT2D eigenvalue weighted by Crippen LogP contribution is 2.28. The molecule has 1 aliphatic heterocycles. The van der Waals surface area contributed by atoms with Gasteiger partial charge in [-0.3, -0.25) is 4.79 Å². The number of carboxylic acids is 1. The molecule has 1 unspecified atom stereocenters. The van der Waals surface area contributed by atoms with Crippen LogP contribution in [-0.4, -0.2) is 59.1 Å². The van der Waals surface area contributed by atoms with E-state index in [0.29, 0.717) is 35.4 Å². The second-order valence-electron chi connectivity index (χ2n) is 5.62. The fourth-order valence-corrected chi connectivity index (χ4v) is 3.51. The molecule has 9 nitrogen and oxygen atoms in total. The lowest BCUT2D eigenvalue weighted by molar-refractivity contribution is -0.142. The van der Waals surface area contributed by atoms with Crippen molar-refractivity contribution < 1.29 is 19.4 Å². The molecular weight excluding hydrogens is 334 g/mol. The summed E-state index contributed by atoms with van der Waals surface area (Å²) in [4.78, 5) is 33.5. The van der Waals surface area contributed by atoms with E-state index in [0.717, 1.165) is 24.2 Å². The van der Waals surface area contributed by atoms with Gasteiger partial charge in [0.15, 0.2) is 5.96 Å². The molecule has 132 valence electrons. The van der Waals surface area contributed by atoms with E-state index in [2.05, 4.69) is 9.98 Å². The van der Waals surface area contributed by atoms with Crippen molar-refractivity contribution in [3.05, 3.63) is 10.6 Å². The molecule has 0 bridgehead atoms. The number of carbonyl (C=O) groups excluding carboxylic acids is 1. The van der Waals surface area contributed by atoms with Crippen molar-refractivity contribution in [2.75, 3.05) is 26.3 Å². The van der Waals surface area contributed by atoms with E-state index in [1.165, 1.54) is 0 Å². The molecule has 2 rings (SSSR count). The molecule has 2 heterocycles. The molecule has 1 fully saturated rings. The number of nitrogens with two attached hydrogens (primary N) is 2. The largest absolute Gasteiger partial charge is 0.480 e. The molecule has 0 radical (unpaired) electrons. The van der Waals surface area contributed by atoms with Crippen LogP contribution in [0.1, 0.15) is 28.2 Å². The zero-order chi connectivity index (χ0) is 17.7. The van der Waals surface area contributed by atoms with Gasteiger partial charge in [-0.15, -0.1) is 0 Å². The van der Waals surface area contributed by atoms with Crippen LogP contribution < -0.4 is 11.5 Å². The van der Waals surface area contributed by atoms with E-state index in [4.69, 9.17) is 21.3 Å². The average molecular weight is 355 g/mol. The molecule has 0 aliphatic carbocycles. The molecule has 24 heavy (non-hydrogen) atoms. The van der Waals surface area contributed by atoms with Crippen LogP contribution in [0.2, 0.25) is 0 Å². The third-order valence-corrected chi connectivity index (χ3v) is 4.63. The van der Waals surface area contributed by atoms with Crippen molar-refractivity contribution in [3.8, 4) is 0 Å². The second kappa shape index (κ2) is 8.06. The molecule has 1 atom stereocenters. The maximum atomic E-state index is 12.7. The molecule has 10 heteroatoms. The lowest BCUT2D eigenvalue weighted by Gasteiger charge is -2.32. The molecule has 5 N–H and O–H groups in total. The van der Waals surface area contributed by atoms with E-state index in [9.17, 15) is 9.59 Å². The SMILES string of the molecule is Cc1nc(N=C(N)N)sc1C(=O)N1CCCC(COCC(=O)O)C1. The topological polar surface area (TPSA) is 144 Å². The van der Waals surface area contributed by atoms with Crippen molar-refractivity contribution in [1.29, 1.82) is 0 Å². The predicted octanol–water partition coefficient (Wildman–Crippen LogP) is 0.310. The van der Waals surface area contributed by atoms with Gasteiger partial charge in [-0.25, -0.2) is 9.78 Å². The fourth-order valence-electron chi connectivity index (χ4n) is 2.58. The van der Waals surface area contributed by atoms with Crippen LogP contribution in [0.3, 0.4) is 0 Å². The van der Waals surface area contributed by atoms with Crippen molar-refractivity contribution >= 4 is 34.3 Å². The number of aliphatic carboxylic acids is 1. The highest BCUT2D eigenvalue weighted by Gasteiger charge is 2.27. The van der Waals surface area contributed by atoms with Crippen LogP contribution in [0, 0.1) is 12.8 Å². The Balaban J connectivity index is 2.00. The number of carbonyl (C=O) groups is 2. The number of rotatable bonds is 6. The van der Waals surface area contributed by atoms with Crippen LogP contribution in [0.4, 0.5) is 5.13 Å². The first kappa shape index (κ1) is 18.1. The molecule has 1 saturated heterocycles. The third-order valence-electron chi connectivity index (χ3n) is 3.59. The molecule has 0 aromatic carbocycles. The quantitative estimate of drug-likeness (QED) is 0.492. The Morgan fingerprint density at radius 2 is 2.25 bits per heavy atom. The highest BCUT2D eigenvalue weighted by atomic mass is 32.1. The summed E-state index contributed by atoms with van der Waals surface area (Å²) < 4.78 is 5.15. The summed E-state index contributed by atoms with van der Waals surface area (Å²) in [7, 11) is 0. The number of aliphatic imine (C=N–C) groups is 1. The van der Waals surface area contributed by atoms with Crippen LogP contribution in [0.25, 0.3) is 0 Å². The zero-order valence-electron chi connectivity index (χ0n) is 13.4. The first-order chi connectivity index (χ1) is 11.4. The predicted molar refractivity (Wildman–Crippen MR) is 89.4 cm³/mol. The summed E-state index contributed by atoms with van der Waals surface area (Å²) in [5.74, 6) is -1.07. The lowest BCUT2D eigenvalue weighted by atomic mass is 9.99. The first-order valence-corrected chi connectivity index (χ1v) is 8.34. The van der Waals surface area contributed by atoms with E-state index in [-0.39, 0.29) is 24.4 Å². The zero-order valence-corrected chi connectivity index (χ0v) is 14.2. The number of aryl methyl sites for hydroxylation is 1. The number of carboxylic acid groups (broad SMARTS) is 1. The number of piperidine rings is 1. The summed E-state index contributed by atoms with van der Waals surface area (Å²) >= 11 is 1.15. The van der Waals surface area contributed by atoms with Crippen molar-refractivity contribution in [2.24, 2.45) is 22.4 Å². The van der Waals surface area contributed by atoms with E-state index >= 15 is 0 Å². The number of hydrogen-bond donors (Lipinski definition) is 3. The van der Waals surface area contributed by atoms with Crippen LogP contribution in [0.15, 0.2) is 4.99 Å². The van der Waals surface area contributed by atoms with Crippen LogP contribution >= 0.6 is 11.3 Å². The summed E-state index contributed by atoms with van der Waals surface area (Å²) in [5, 5.41) is 8.96. The third kappa shape index (κ3) is 4.90. The number of likely N-dealkylation sites (tertiary alicyclic amines) is 1. The number of hydrogen-bond acceptors (Lipinski definition) is 6. The molecule has 1 aliphatic rings. The van der Waals surface area contributed by atoms with Gasteiger partial charge in [0.2, 0.25) is 5.13 Å². The minimum absolute atomic E-state index is 0.101. The van der Waals surface area contributed by atoms with Gasteiger partial charge >= 0.3 is 5.97 Å². The van der Waals surface area contributed by atoms with Crippen molar-refractivity contribution in [2.45, 2.75) is 19.8 Å². The van der Waals surface area contributed by atoms with Gasteiger partial charge in [0.25, 0.3) is 5.91 Å². The van der Waals surface area contributed by atoms with Crippen molar-refractivity contribution in [3.63, 3.8) is 0 Å². The van der Waals surface area contributed by atoms with Gasteiger partial charge in [-0.1, -0.05) is 11.3 Å². The fraction of sp³-hybridized carbons (Fsp3) is 0.571. The Labute approximate surface area is 143 Å². The van der Waals surface area contributed by atoms with E-state index < -0.39 is 5.97 Å². The Bertz CT molecular complexity index is 641. The van der Waals surface area contributed by atoms with Gasteiger partial charge in [-0.2, -0.15) is 4.99 Å². The Morgan fingerprint density at radius 3 is 2.92 bits per heavy atom. The van der Waals surface area contributed by atoms with Gasteiger partial charge < -0.3 is 26.2 Å². The molecule has 0 spiro atoms. The summed E-state index contributed by atoms with van der Waals surface area (Å²) in [6.07, 6.45) is 1.76. The minimum atomic E-state index is -0.994. The Hall–Kier alpha value is -2.20. The van der Waals surface area contributed by atoms with Gasteiger partial charge in [0, 0.05) is 13.1 Å². The maximum Gasteiger partial charge on any atom is 0.329 e. The van der Waals surface area contributed by atoms with Gasteiger partial charge in [0.05, 0.1) is 12.3 Å². The highest BCUT2D eigenvalue weighted by molar-refractivity contribution is 7.17. The van der Waals surface area contributed by atoms with E-state index in [1.807, 2.05) is 0 Å². The average Bonchev–Trinajstić information content (AvgIpc) is 2.86. The smallest absolute Gasteiger partial charge is 0.329 e. The van der Waals surface area contributed by atoms with Crippen LogP contribution in [0.5, 0.6) is 0 Å². The Kier molecular flexibility index (Phi) is 6.10. The van der Waals surface area contributed by atoms with E-state index in [1.54, 1.807) is 11.8 Å². The molecule has 1 aromatic rings. The minimum Gasteiger partial charge on any atom is -0.480 e. The van der Waals surface area contributed by atoms with Gasteiger partial charge in [0.1, 0.15) is 11.5 Å². The molecule has 0 saturated carbocycles. The standard InChI is InChI=1S/C14H21N5O4S/c1-8-11(24-14(17-8)18-13(15)16)12(22)19-4-2-3-9(5-19)6-23-7-10(20)21/h9H,2-7H2,1H3,(H,20,21)(H4,15,16,17,18). The number of thiazole rings is 1. The lowest BCUT2D eigenvalue weighted by Crippen LogP contribution is -2.41. The van der Waals surface area contributed by atoms with Gasteiger partial charge in [-0.05, 0) is 25.7 Å². The summed E-state index contributed by atoms with van der Waals surface area (Å²) in [6.45, 7) is 2.95. The van der Waals surface area contributed by atoms with Crippen molar-refractivity contribution in [1.82, 2.24) is 9.88 Å². The summed E-state index contributed by atoms with van der Waals surface area (Å²) in [6, 6.07) is 0. The molecule has 1 aromatic heterocycles. The number of aromatic nitrogens is 1. The second-order valence-corrected chi connectivity index (χ2v) is 6.59. The number of ether oxygens (including phenoxy) is 1. The van der Waals surface area contributed by atoms with Crippen LogP contribution in [-0.2, 0) is 9.53 Å². The monoisotopic (exact) mass is 355 g/mol. The molecule has 1 amide bonds. The Morgan fingerprint density at radius 1 is 1.50 bits per heavy atom. The number of amides is 1. The molecular formula is C14H21N5O4S. The number of guanidine groups is 1. The first-order valence-electron chi connectivity index (χ1n) is 7.52. The summed E-state index contributed by atoms with van der Waals surface area (Å²) in [5.41, 5.74) is 11.3. The number of nitrogens with zero attached hydrogens (tertiary/aromatic N) is 3. The normalized spacial score (nSPS) is 17.5.